The Morgan fingerprint density at radius 2 is 2.11 bits per heavy atom. The number of nitrogens with one attached hydrogen (secondary N) is 1. The van der Waals surface area contributed by atoms with Crippen molar-refractivity contribution in [3.05, 3.63) is 29.3 Å². The zero-order chi connectivity index (χ0) is 14.3. The maximum absolute atomic E-state index is 5.23. The predicted octanol–water partition coefficient (Wildman–Crippen LogP) is 2.97. The molecule has 108 valence electrons. The minimum absolute atomic E-state index is 0.532. The third kappa shape index (κ3) is 4.51. The summed E-state index contributed by atoms with van der Waals surface area (Å²) in [5, 5.41) is 3.21. The van der Waals surface area contributed by atoms with Crippen LogP contribution in [0, 0.1) is 6.92 Å². The molecule has 0 aliphatic rings. The van der Waals surface area contributed by atoms with Crippen LogP contribution in [0.5, 0.6) is 0 Å². The quantitative estimate of drug-likeness (QED) is 0.781. The highest BCUT2D eigenvalue weighted by Crippen LogP contribution is 2.22. The number of methoxy groups -OCH3 is 1. The second kappa shape index (κ2) is 8.18. The first-order valence-electron chi connectivity index (χ1n) is 7.13. The van der Waals surface area contributed by atoms with Gasteiger partial charge in [-0.15, -0.1) is 0 Å². The van der Waals surface area contributed by atoms with Gasteiger partial charge < -0.3 is 15.0 Å². The van der Waals surface area contributed by atoms with E-state index in [1.807, 2.05) is 7.05 Å². The van der Waals surface area contributed by atoms with Crippen LogP contribution in [0.4, 0.5) is 5.69 Å². The molecular formula is C16H28N2O. The summed E-state index contributed by atoms with van der Waals surface area (Å²) in [6.07, 6.45) is 1.14. The van der Waals surface area contributed by atoms with Gasteiger partial charge in [-0.25, -0.2) is 0 Å². The highest BCUT2D eigenvalue weighted by molar-refractivity contribution is 5.51. The highest BCUT2D eigenvalue weighted by Gasteiger charge is 2.13. The normalized spacial score (nSPS) is 12.5. The molecule has 0 saturated carbocycles. The maximum Gasteiger partial charge on any atom is 0.0637 e. The van der Waals surface area contributed by atoms with Gasteiger partial charge in [-0.3, -0.25) is 0 Å². The molecule has 3 nitrogen and oxygen atoms in total. The van der Waals surface area contributed by atoms with E-state index in [0.29, 0.717) is 6.04 Å². The SMILES string of the molecule is CCC(C)N(CCOC)c1ccc(CNC)c(C)c1. The van der Waals surface area contributed by atoms with Crippen molar-refractivity contribution in [2.24, 2.45) is 0 Å². The minimum Gasteiger partial charge on any atom is -0.383 e. The average molecular weight is 264 g/mol. The van der Waals surface area contributed by atoms with Gasteiger partial charge in [-0.05, 0) is 50.6 Å². The van der Waals surface area contributed by atoms with E-state index in [1.165, 1.54) is 16.8 Å². The predicted molar refractivity (Wildman–Crippen MR) is 82.9 cm³/mol. The van der Waals surface area contributed by atoms with Crippen molar-refractivity contribution in [3.63, 3.8) is 0 Å². The number of rotatable bonds is 8. The molecule has 0 aromatic heterocycles. The molecule has 0 bridgehead atoms. The monoisotopic (exact) mass is 264 g/mol. The van der Waals surface area contributed by atoms with Crippen molar-refractivity contribution in [1.29, 1.82) is 0 Å². The summed E-state index contributed by atoms with van der Waals surface area (Å²) in [6, 6.07) is 7.27. The number of aryl methyl sites for hydroxylation is 1. The molecule has 0 saturated heterocycles. The van der Waals surface area contributed by atoms with Gasteiger partial charge in [-0.2, -0.15) is 0 Å². The molecule has 0 aliphatic heterocycles. The molecule has 1 N–H and O–H groups in total. The van der Waals surface area contributed by atoms with Crippen molar-refractivity contribution < 1.29 is 4.74 Å². The Hall–Kier alpha value is -1.06. The Morgan fingerprint density at radius 1 is 1.37 bits per heavy atom. The summed E-state index contributed by atoms with van der Waals surface area (Å²) in [5.41, 5.74) is 4.00. The fraction of sp³-hybridized carbons (Fsp3) is 0.625. The first kappa shape index (κ1) is 16.0. The Kier molecular flexibility index (Phi) is 6.89. The van der Waals surface area contributed by atoms with Crippen LogP contribution >= 0.6 is 0 Å². The Balaban J connectivity index is 2.92. The van der Waals surface area contributed by atoms with Crippen molar-refractivity contribution in [2.75, 3.05) is 32.2 Å². The molecule has 1 aromatic carbocycles. The van der Waals surface area contributed by atoms with E-state index in [0.717, 1.165) is 26.1 Å². The van der Waals surface area contributed by atoms with Gasteiger partial charge in [-0.1, -0.05) is 13.0 Å². The molecule has 0 heterocycles. The Labute approximate surface area is 118 Å². The maximum atomic E-state index is 5.23. The summed E-state index contributed by atoms with van der Waals surface area (Å²) in [6.45, 7) is 9.31. The number of nitrogens with zero attached hydrogens (tertiary/aromatic N) is 1. The second-order valence-corrected chi connectivity index (χ2v) is 5.08. The first-order chi connectivity index (χ1) is 9.13. The van der Waals surface area contributed by atoms with E-state index < -0.39 is 0 Å². The van der Waals surface area contributed by atoms with E-state index in [-0.39, 0.29) is 0 Å². The van der Waals surface area contributed by atoms with E-state index in [2.05, 4.69) is 49.2 Å². The van der Waals surface area contributed by atoms with Gasteiger partial charge in [0, 0.05) is 31.9 Å². The third-order valence-corrected chi connectivity index (χ3v) is 3.68. The zero-order valence-corrected chi connectivity index (χ0v) is 13.0. The fourth-order valence-corrected chi connectivity index (χ4v) is 2.26. The van der Waals surface area contributed by atoms with Crippen LogP contribution in [-0.2, 0) is 11.3 Å². The molecule has 3 heteroatoms. The second-order valence-electron chi connectivity index (χ2n) is 5.08. The highest BCUT2D eigenvalue weighted by atomic mass is 16.5. The molecule has 1 unspecified atom stereocenters. The van der Waals surface area contributed by atoms with Crippen molar-refractivity contribution in [1.82, 2.24) is 5.32 Å². The molecule has 0 aliphatic carbocycles. The van der Waals surface area contributed by atoms with Gasteiger partial charge >= 0.3 is 0 Å². The molecule has 0 amide bonds. The molecule has 0 fully saturated rings. The lowest BCUT2D eigenvalue weighted by Gasteiger charge is -2.31. The summed E-state index contributed by atoms with van der Waals surface area (Å²) in [5.74, 6) is 0. The zero-order valence-electron chi connectivity index (χ0n) is 13.0. The molecular weight excluding hydrogens is 236 g/mol. The number of hydrogen-bond acceptors (Lipinski definition) is 3. The first-order valence-corrected chi connectivity index (χ1v) is 7.13. The summed E-state index contributed by atoms with van der Waals surface area (Å²) in [4.78, 5) is 2.43. The molecule has 1 rings (SSSR count). The summed E-state index contributed by atoms with van der Waals surface area (Å²) < 4.78 is 5.23. The van der Waals surface area contributed by atoms with Crippen LogP contribution in [0.3, 0.4) is 0 Å². The summed E-state index contributed by atoms with van der Waals surface area (Å²) in [7, 11) is 3.74. The van der Waals surface area contributed by atoms with Gasteiger partial charge in [0.1, 0.15) is 0 Å². The van der Waals surface area contributed by atoms with Gasteiger partial charge in [0.2, 0.25) is 0 Å². The molecule has 0 radical (unpaired) electrons. The lowest BCUT2D eigenvalue weighted by molar-refractivity contribution is 0.203. The lowest BCUT2D eigenvalue weighted by Crippen LogP contribution is -2.35. The Bertz CT molecular complexity index is 379. The van der Waals surface area contributed by atoms with Crippen LogP contribution in [0.2, 0.25) is 0 Å². The van der Waals surface area contributed by atoms with Crippen LogP contribution in [0.15, 0.2) is 18.2 Å². The topological polar surface area (TPSA) is 24.5 Å². The van der Waals surface area contributed by atoms with Gasteiger partial charge in [0.05, 0.1) is 6.61 Å². The van der Waals surface area contributed by atoms with Crippen LogP contribution in [0.25, 0.3) is 0 Å². The van der Waals surface area contributed by atoms with E-state index in [1.54, 1.807) is 7.11 Å². The number of anilines is 1. The van der Waals surface area contributed by atoms with Crippen molar-refractivity contribution >= 4 is 5.69 Å². The van der Waals surface area contributed by atoms with Crippen LogP contribution in [-0.4, -0.2) is 33.4 Å². The third-order valence-electron chi connectivity index (χ3n) is 3.68. The van der Waals surface area contributed by atoms with Gasteiger partial charge in [0.15, 0.2) is 0 Å². The standard InChI is InChI=1S/C16H28N2O/c1-6-14(3)18(9-10-19-5)16-8-7-15(12-17-4)13(2)11-16/h7-8,11,14,17H,6,9-10,12H2,1-5H3. The van der Waals surface area contributed by atoms with E-state index in [9.17, 15) is 0 Å². The lowest BCUT2D eigenvalue weighted by atomic mass is 10.1. The van der Waals surface area contributed by atoms with E-state index in [4.69, 9.17) is 4.74 Å². The summed E-state index contributed by atoms with van der Waals surface area (Å²) >= 11 is 0. The van der Waals surface area contributed by atoms with E-state index >= 15 is 0 Å². The fourth-order valence-electron chi connectivity index (χ4n) is 2.26. The van der Waals surface area contributed by atoms with Crippen LogP contribution < -0.4 is 10.2 Å². The van der Waals surface area contributed by atoms with Crippen LogP contribution in [0.1, 0.15) is 31.4 Å². The molecule has 1 aromatic rings. The number of hydrogen-bond donors (Lipinski definition) is 1. The number of ether oxygens (including phenoxy) is 1. The van der Waals surface area contributed by atoms with Crippen molar-refractivity contribution in [2.45, 2.75) is 39.8 Å². The molecule has 0 spiro atoms. The average Bonchev–Trinajstić information content (AvgIpc) is 2.41. The van der Waals surface area contributed by atoms with Crippen molar-refractivity contribution in [3.8, 4) is 0 Å². The smallest absolute Gasteiger partial charge is 0.0637 e. The number of benzene rings is 1. The largest absolute Gasteiger partial charge is 0.383 e. The molecule has 19 heavy (non-hydrogen) atoms. The molecule has 1 atom stereocenters. The van der Waals surface area contributed by atoms with Gasteiger partial charge in [0.25, 0.3) is 0 Å². The Morgan fingerprint density at radius 3 is 2.63 bits per heavy atom. The minimum atomic E-state index is 0.532.